The average Bonchev–Trinajstić information content (AvgIpc) is 2.70. The fraction of sp³-hybridized carbons (Fsp3) is 0.333. The first-order valence-electron chi connectivity index (χ1n) is 9.30. The van der Waals surface area contributed by atoms with Gasteiger partial charge in [0.2, 0.25) is 5.91 Å². The average molecular weight is 382 g/mol. The molecule has 1 saturated heterocycles. The number of nitrogens with one attached hydrogen (secondary N) is 2. The quantitative estimate of drug-likeness (QED) is 0.851. The van der Waals surface area contributed by atoms with Crippen molar-refractivity contribution in [3.63, 3.8) is 0 Å². The van der Waals surface area contributed by atoms with Crippen LogP contribution in [0.15, 0.2) is 42.5 Å². The summed E-state index contributed by atoms with van der Waals surface area (Å²) in [5.41, 5.74) is 3.34. The maximum atomic E-state index is 12.7. The number of carbonyl (C=O) groups is 2. The number of carbonyl (C=O) groups excluding carboxylic acids is 2. The molecule has 0 aromatic heterocycles. The number of nitrogens with zero attached hydrogens (tertiary/aromatic N) is 2. The van der Waals surface area contributed by atoms with Gasteiger partial charge < -0.3 is 25.2 Å². The van der Waals surface area contributed by atoms with E-state index in [2.05, 4.69) is 15.5 Å². The van der Waals surface area contributed by atoms with Crippen molar-refractivity contribution in [3.8, 4) is 5.75 Å². The number of benzene rings is 2. The van der Waals surface area contributed by atoms with Crippen molar-refractivity contribution in [2.24, 2.45) is 0 Å². The Bertz CT molecular complexity index is 860. The summed E-state index contributed by atoms with van der Waals surface area (Å²) in [6.45, 7) is 6.09. The van der Waals surface area contributed by atoms with Crippen LogP contribution in [0, 0.1) is 6.92 Å². The largest absolute Gasteiger partial charge is 0.495 e. The third-order valence-electron chi connectivity index (χ3n) is 4.79. The molecule has 148 valence electrons. The molecule has 0 saturated carbocycles. The molecule has 3 amide bonds. The van der Waals surface area contributed by atoms with Crippen LogP contribution >= 0.6 is 0 Å². The van der Waals surface area contributed by atoms with Crippen LogP contribution in [0.4, 0.5) is 21.9 Å². The molecule has 28 heavy (non-hydrogen) atoms. The smallest absolute Gasteiger partial charge is 0.321 e. The molecule has 3 rings (SSSR count). The Balaban J connectivity index is 1.62. The fourth-order valence-electron chi connectivity index (χ4n) is 3.27. The second kappa shape index (κ2) is 8.65. The van der Waals surface area contributed by atoms with Crippen LogP contribution in [0.3, 0.4) is 0 Å². The van der Waals surface area contributed by atoms with Crippen molar-refractivity contribution in [1.82, 2.24) is 4.90 Å². The zero-order valence-corrected chi connectivity index (χ0v) is 16.5. The highest BCUT2D eigenvalue weighted by Crippen LogP contribution is 2.28. The second-order valence-electron chi connectivity index (χ2n) is 6.79. The van der Waals surface area contributed by atoms with Gasteiger partial charge in [-0.2, -0.15) is 0 Å². The molecule has 7 heteroatoms. The number of methoxy groups -OCH3 is 1. The van der Waals surface area contributed by atoms with Gasteiger partial charge in [0.25, 0.3) is 0 Å². The third-order valence-corrected chi connectivity index (χ3v) is 4.79. The highest BCUT2D eigenvalue weighted by Gasteiger charge is 2.23. The van der Waals surface area contributed by atoms with Crippen LogP contribution in [0.25, 0.3) is 0 Å². The summed E-state index contributed by atoms with van der Waals surface area (Å²) in [6, 6.07) is 13.2. The Morgan fingerprint density at radius 2 is 1.71 bits per heavy atom. The van der Waals surface area contributed by atoms with Crippen molar-refractivity contribution in [3.05, 3.63) is 48.0 Å². The predicted molar refractivity (Wildman–Crippen MR) is 111 cm³/mol. The normalized spacial score (nSPS) is 13.8. The zero-order valence-electron chi connectivity index (χ0n) is 16.5. The fourth-order valence-corrected chi connectivity index (χ4v) is 3.27. The number of urea groups is 1. The van der Waals surface area contributed by atoms with Gasteiger partial charge in [0.05, 0.1) is 12.8 Å². The van der Waals surface area contributed by atoms with Gasteiger partial charge in [-0.3, -0.25) is 4.79 Å². The van der Waals surface area contributed by atoms with E-state index in [-0.39, 0.29) is 11.9 Å². The molecule has 0 spiro atoms. The van der Waals surface area contributed by atoms with Crippen molar-refractivity contribution < 1.29 is 14.3 Å². The van der Waals surface area contributed by atoms with Crippen LogP contribution < -0.4 is 20.3 Å². The number of hydrogen-bond acceptors (Lipinski definition) is 4. The molecule has 0 aliphatic carbocycles. The Morgan fingerprint density at radius 3 is 2.39 bits per heavy atom. The van der Waals surface area contributed by atoms with Crippen molar-refractivity contribution in [2.45, 2.75) is 13.8 Å². The number of piperazine rings is 1. The number of aryl methyl sites for hydroxylation is 1. The van der Waals surface area contributed by atoms with Gasteiger partial charge >= 0.3 is 6.03 Å². The predicted octanol–water partition coefficient (Wildman–Crippen LogP) is 3.32. The number of ether oxygens (including phenoxy) is 1. The lowest BCUT2D eigenvalue weighted by Gasteiger charge is -2.36. The molecular weight excluding hydrogens is 356 g/mol. The zero-order chi connectivity index (χ0) is 20.1. The van der Waals surface area contributed by atoms with Crippen molar-refractivity contribution >= 4 is 29.0 Å². The summed E-state index contributed by atoms with van der Waals surface area (Å²) in [6.07, 6.45) is 0. The first-order valence-corrected chi connectivity index (χ1v) is 9.30. The molecule has 1 heterocycles. The lowest BCUT2D eigenvalue weighted by atomic mass is 10.1. The maximum Gasteiger partial charge on any atom is 0.321 e. The van der Waals surface area contributed by atoms with E-state index in [9.17, 15) is 9.59 Å². The van der Waals surface area contributed by atoms with Gasteiger partial charge in [0.15, 0.2) is 0 Å². The Kier molecular flexibility index (Phi) is 6.03. The van der Waals surface area contributed by atoms with Crippen LogP contribution in [0.5, 0.6) is 5.75 Å². The van der Waals surface area contributed by atoms with Crippen LogP contribution in [0.1, 0.15) is 12.5 Å². The lowest BCUT2D eigenvalue weighted by molar-refractivity contribution is -0.114. The summed E-state index contributed by atoms with van der Waals surface area (Å²) in [5.74, 6) is 0.694. The number of rotatable bonds is 4. The van der Waals surface area contributed by atoms with E-state index < -0.39 is 0 Å². The van der Waals surface area contributed by atoms with Crippen LogP contribution in [-0.4, -0.2) is 50.1 Å². The molecule has 2 aromatic rings. The molecule has 0 bridgehead atoms. The molecule has 2 aromatic carbocycles. The standard InChI is InChI=1S/C21H26N4O3/c1-15-8-9-17(22-16(2)26)14-18(15)23-21(27)25-12-10-24(11-13-25)19-6-4-5-7-20(19)28-3/h4-9,14H,10-13H2,1-3H3,(H,22,26)(H,23,27). The number of amides is 3. The van der Waals surface area contributed by atoms with E-state index in [0.29, 0.717) is 24.5 Å². The Labute approximate surface area is 165 Å². The highest BCUT2D eigenvalue weighted by atomic mass is 16.5. The monoisotopic (exact) mass is 382 g/mol. The summed E-state index contributed by atoms with van der Waals surface area (Å²) in [4.78, 5) is 28.0. The highest BCUT2D eigenvalue weighted by molar-refractivity contribution is 5.93. The third kappa shape index (κ3) is 4.54. The summed E-state index contributed by atoms with van der Waals surface area (Å²) in [7, 11) is 1.67. The molecule has 0 unspecified atom stereocenters. The van der Waals surface area contributed by atoms with E-state index in [4.69, 9.17) is 4.74 Å². The molecule has 0 radical (unpaired) electrons. The molecule has 1 aliphatic heterocycles. The van der Waals surface area contributed by atoms with Gasteiger partial charge in [0.1, 0.15) is 5.75 Å². The summed E-state index contributed by atoms with van der Waals surface area (Å²) < 4.78 is 5.44. The molecular formula is C21H26N4O3. The summed E-state index contributed by atoms with van der Waals surface area (Å²) >= 11 is 0. The molecule has 1 aliphatic rings. The summed E-state index contributed by atoms with van der Waals surface area (Å²) in [5, 5.41) is 5.70. The Morgan fingerprint density at radius 1 is 1.00 bits per heavy atom. The first kappa shape index (κ1) is 19.5. The Hall–Kier alpha value is -3.22. The molecule has 0 atom stereocenters. The van der Waals surface area contributed by atoms with E-state index in [0.717, 1.165) is 30.1 Å². The minimum absolute atomic E-state index is 0.136. The number of hydrogen-bond donors (Lipinski definition) is 2. The van der Waals surface area contributed by atoms with Crippen LogP contribution in [0.2, 0.25) is 0 Å². The molecule has 2 N–H and O–H groups in total. The van der Waals surface area contributed by atoms with E-state index >= 15 is 0 Å². The van der Waals surface area contributed by atoms with Gasteiger partial charge in [-0.25, -0.2) is 4.79 Å². The van der Waals surface area contributed by atoms with Gasteiger partial charge in [-0.15, -0.1) is 0 Å². The SMILES string of the molecule is COc1ccccc1N1CCN(C(=O)Nc2cc(NC(C)=O)ccc2C)CC1. The van der Waals surface area contributed by atoms with Gasteiger partial charge in [-0.1, -0.05) is 18.2 Å². The van der Waals surface area contributed by atoms with Gasteiger partial charge in [0, 0.05) is 44.5 Å². The molecule has 1 fully saturated rings. The van der Waals surface area contributed by atoms with E-state index in [1.54, 1.807) is 18.1 Å². The second-order valence-corrected chi connectivity index (χ2v) is 6.79. The first-order chi connectivity index (χ1) is 13.5. The van der Waals surface area contributed by atoms with Gasteiger partial charge in [-0.05, 0) is 36.8 Å². The lowest BCUT2D eigenvalue weighted by Crippen LogP contribution is -2.50. The van der Waals surface area contributed by atoms with Crippen molar-refractivity contribution in [1.29, 1.82) is 0 Å². The van der Waals surface area contributed by atoms with Crippen LogP contribution in [-0.2, 0) is 4.79 Å². The van der Waals surface area contributed by atoms with Crippen molar-refractivity contribution in [2.75, 3.05) is 48.8 Å². The maximum absolute atomic E-state index is 12.7. The minimum Gasteiger partial charge on any atom is -0.495 e. The molecule has 7 nitrogen and oxygen atoms in total. The van der Waals surface area contributed by atoms with E-state index in [1.807, 2.05) is 43.3 Å². The number of para-hydroxylation sites is 2. The minimum atomic E-state index is -0.145. The van der Waals surface area contributed by atoms with E-state index in [1.165, 1.54) is 6.92 Å². The topological polar surface area (TPSA) is 73.9 Å². The number of anilines is 3.